The van der Waals surface area contributed by atoms with E-state index < -0.39 is 12.2 Å². The van der Waals surface area contributed by atoms with Gasteiger partial charge in [0.2, 0.25) is 0 Å². The molecule has 0 aliphatic rings. The van der Waals surface area contributed by atoms with Crippen molar-refractivity contribution in [2.75, 3.05) is 5.32 Å². The van der Waals surface area contributed by atoms with Crippen LogP contribution in [0.1, 0.15) is 5.56 Å². The number of anilines is 1. The molecule has 2 nitrogen and oxygen atoms in total. The fourth-order valence-corrected chi connectivity index (χ4v) is 2.23. The van der Waals surface area contributed by atoms with Crippen LogP contribution < -0.4 is 10.1 Å². The number of alkyl halides is 3. The molecule has 0 aliphatic carbocycles. The minimum atomic E-state index is -4.73. The van der Waals surface area contributed by atoms with Gasteiger partial charge >= 0.3 is 6.36 Å². The zero-order valence-electron chi connectivity index (χ0n) is 10.5. The molecule has 112 valence electrons. The largest absolute Gasteiger partial charge is 0.573 e. The summed E-state index contributed by atoms with van der Waals surface area (Å²) in [5.74, 6) is -0.705. The van der Waals surface area contributed by atoms with Gasteiger partial charge in [0, 0.05) is 22.8 Å². The SMILES string of the molecule is Fc1cc(Br)cc(CNc2cccc(OC(F)(F)F)c2)c1. The lowest BCUT2D eigenvalue weighted by Crippen LogP contribution is -2.17. The van der Waals surface area contributed by atoms with Crippen molar-refractivity contribution in [1.29, 1.82) is 0 Å². The molecule has 0 radical (unpaired) electrons. The number of benzene rings is 2. The van der Waals surface area contributed by atoms with Gasteiger partial charge in [0.15, 0.2) is 0 Å². The van der Waals surface area contributed by atoms with Gasteiger partial charge in [-0.25, -0.2) is 4.39 Å². The van der Waals surface area contributed by atoms with Crippen LogP contribution in [-0.4, -0.2) is 6.36 Å². The molecule has 0 spiro atoms. The molecule has 0 aromatic heterocycles. The average Bonchev–Trinajstić information content (AvgIpc) is 2.33. The van der Waals surface area contributed by atoms with Gasteiger partial charge in [-0.3, -0.25) is 0 Å². The Kier molecular flexibility index (Phi) is 4.72. The third-order valence-corrected chi connectivity index (χ3v) is 2.94. The molecule has 21 heavy (non-hydrogen) atoms. The summed E-state index contributed by atoms with van der Waals surface area (Å²) in [4.78, 5) is 0. The summed E-state index contributed by atoms with van der Waals surface area (Å²) in [5.41, 5.74) is 1.10. The zero-order valence-corrected chi connectivity index (χ0v) is 12.1. The Morgan fingerprint density at radius 2 is 1.86 bits per heavy atom. The van der Waals surface area contributed by atoms with Gasteiger partial charge in [-0.05, 0) is 35.9 Å². The smallest absolute Gasteiger partial charge is 0.406 e. The van der Waals surface area contributed by atoms with E-state index in [1.54, 1.807) is 12.1 Å². The molecule has 0 saturated carbocycles. The Morgan fingerprint density at radius 3 is 2.52 bits per heavy atom. The third kappa shape index (κ3) is 5.26. The lowest BCUT2D eigenvalue weighted by atomic mass is 10.2. The van der Waals surface area contributed by atoms with E-state index in [0.717, 1.165) is 0 Å². The Morgan fingerprint density at radius 1 is 1.10 bits per heavy atom. The van der Waals surface area contributed by atoms with Crippen LogP contribution in [-0.2, 0) is 6.54 Å². The number of rotatable bonds is 4. The summed E-state index contributed by atoms with van der Waals surface area (Å²) in [7, 11) is 0. The molecule has 0 amide bonds. The highest BCUT2D eigenvalue weighted by Gasteiger charge is 2.31. The summed E-state index contributed by atoms with van der Waals surface area (Å²) in [6, 6.07) is 9.84. The minimum absolute atomic E-state index is 0.270. The highest BCUT2D eigenvalue weighted by atomic mass is 79.9. The first kappa shape index (κ1) is 15.6. The van der Waals surface area contributed by atoms with Crippen molar-refractivity contribution in [1.82, 2.24) is 0 Å². The first-order chi connectivity index (χ1) is 9.82. The second kappa shape index (κ2) is 6.34. The molecule has 2 aromatic rings. The Labute approximate surface area is 126 Å². The van der Waals surface area contributed by atoms with Crippen molar-refractivity contribution in [3.8, 4) is 5.75 Å². The predicted octanol–water partition coefficient (Wildman–Crippen LogP) is 5.10. The van der Waals surface area contributed by atoms with E-state index in [4.69, 9.17) is 0 Å². The van der Waals surface area contributed by atoms with E-state index in [-0.39, 0.29) is 12.3 Å². The molecule has 0 heterocycles. The molecule has 1 N–H and O–H groups in total. The van der Waals surface area contributed by atoms with Gasteiger partial charge in [0.1, 0.15) is 11.6 Å². The predicted molar refractivity (Wildman–Crippen MR) is 74.6 cm³/mol. The number of halogens is 5. The van der Waals surface area contributed by atoms with Crippen molar-refractivity contribution >= 4 is 21.6 Å². The standard InChI is InChI=1S/C14H10BrF4NO/c15-10-4-9(5-11(16)6-10)8-20-12-2-1-3-13(7-12)21-14(17,18)19/h1-7,20H,8H2. The monoisotopic (exact) mass is 363 g/mol. The van der Waals surface area contributed by atoms with Gasteiger partial charge in [-0.2, -0.15) is 0 Å². The van der Waals surface area contributed by atoms with Gasteiger partial charge < -0.3 is 10.1 Å². The van der Waals surface area contributed by atoms with Crippen LogP contribution in [0.2, 0.25) is 0 Å². The summed E-state index contributed by atoms with van der Waals surface area (Å²) in [6.07, 6.45) is -4.73. The maximum absolute atomic E-state index is 13.2. The van der Waals surface area contributed by atoms with E-state index in [1.807, 2.05) is 0 Å². The summed E-state index contributed by atoms with van der Waals surface area (Å²) in [6.45, 7) is 0.270. The number of nitrogens with one attached hydrogen (secondary N) is 1. The van der Waals surface area contributed by atoms with Crippen LogP contribution in [0, 0.1) is 5.82 Å². The zero-order chi connectivity index (χ0) is 15.5. The molecule has 7 heteroatoms. The van der Waals surface area contributed by atoms with E-state index in [9.17, 15) is 17.6 Å². The normalized spacial score (nSPS) is 11.3. The molecule has 2 aromatic carbocycles. The van der Waals surface area contributed by atoms with Gasteiger partial charge in [-0.15, -0.1) is 13.2 Å². The third-order valence-electron chi connectivity index (χ3n) is 2.49. The quantitative estimate of drug-likeness (QED) is 0.763. The first-order valence-electron chi connectivity index (χ1n) is 5.86. The molecule has 0 aliphatic heterocycles. The van der Waals surface area contributed by atoms with E-state index in [2.05, 4.69) is 26.0 Å². The Bertz CT molecular complexity index is 610. The van der Waals surface area contributed by atoms with Gasteiger partial charge in [-0.1, -0.05) is 22.0 Å². The Balaban J connectivity index is 2.04. The van der Waals surface area contributed by atoms with Crippen LogP contribution in [0.3, 0.4) is 0 Å². The maximum Gasteiger partial charge on any atom is 0.573 e. The summed E-state index contributed by atoms with van der Waals surface area (Å²) >= 11 is 3.17. The molecule has 0 unspecified atom stereocenters. The van der Waals surface area contributed by atoms with E-state index in [1.165, 1.54) is 30.3 Å². The second-order valence-corrected chi connectivity index (χ2v) is 5.12. The molecule has 2 rings (SSSR count). The molecule has 0 fully saturated rings. The van der Waals surface area contributed by atoms with E-state index >= 15 is 0 Å². The molecular formula is C14H10BrF4NO. The van der Waals surface area contributed by atoms with Gasteiger partial charge in [0.25, 0.3) is 0 Å². The van der Waals surface area contributed by atoms with Crippen molar-refractivity contribution in [3.05, 3.63) is 58.3 Å². The maximum atomic E-state index is 13.2. The lowest BCUT2D eigenvalue weighted by molar-refractivity contribution is -0.274. The average molecular weight is 364 g/mol. The van der Waals surface area contributed by atoms with Crippen LogP contribution in [0.25, 0.3) is 0 Å². The van der Waals surface area contributed by atoms with Crippen molar-refractivity contribution in [2.24, 2.45) is 0 Å². The van der Waals surface area contributed by atoms with Crippen LogP contribution in [0.4, 0.5) is 23.2 Å². The first-order valence-corrected chi connectivity index (χ1v) is 6.66. The topological polar surface area (TPSA) is 21.3 Å². The highest BCUT2D eigenvalue weighted by molar-refractivity contribution is 9.10. The summed E-state index contributed by atoms with van der Waals surface area (Å²) < 4.78 is 54.0. The van der Waals surface area contributed by atoms with Crippen molar-refractivity contribution in [2.45, 2.75) is 12.9 Å². The minimum Gasteiger partial charge on any atom is -0.406 e. The lowest BCUT2D eigenvalue weighted by Gasteiger charge is -2.11. The fourth-order valence-electron chi connectivity index (χ4n) is 1.72. The summed E-state index contributed by atoms with van der Waals surface area (Å²) in [5, 5.41) is 2.91. The fraction of sp³-hybridized carbons (Fsp3) is 0.143. The number of ether oxygens (including phenoxy) is 1. The number of hydrogen-bond donors (Lipinski definition) is 1. The highest BCUT2D eigenvalue weighted by Crippen LogP contribution is 2.25. The Hall–Kier alpha value is -1.76. The molecule has 0 bridgehead atoms. The van der Waals surface area contributed by atoms with Crippen LogP contribution >= 0.6 is 15.9 Å². The number of hydrogen-bond acceptors (Lipinski definition) is 2. The molecular weight excluding hydrogens is 354 g/mol. The van der Waals surface area contributed by atoms with Crippen LogP contribution in [0.15, 0.2) is 46.9 Å². The molecule has 0 saturated heterocycles. The second-order valence-electron chi connectivity index (χ2n) is 4.21. The molecule has 0 atom stereocenters. The van der Waals surface area contributed by atoms with Gasteiger partial charge in [0.05, 0.1) is 0 Å². The van der Waals surface area contributed by atoms with Crippen molar-refractivity contribution < 1.29 is 22.3 Å². The van der Waals surface area contributed by atoms with Crippen molar-refractivity contribution in [3.63, 3.8) is 0 Å². The van der Waals surface area contributed by atoms with Crippen LogP contribution in [0.5, 0.6) is 5.75 Å². The van der Waals surface area contributed by atoms with E-state index in [0.29, 0.717) is 15.7 Å².